The first-order valence-electron chi connectivity index (χ1n) is 7.60. The first kappa shape index (κ1) is 14.6. The van der Waals surface area contributed by atoms with Crippen LogP contribution in [0.1, 0.15) is 51.1 Å². The molecule has 1 aliphatic carbocycles. The lowest BCUT2D eigenvalue weighted by molar-refractivity contribution is 0.0829. The number of hydrogen-bond acceptors (Lipinski definition) is 3. The van der Waals surface area contributed by atoms with Gasteiger partial charge in [-0.2, -0.15) is 0 Å². The Labute approximate surface area is 116 Å². The highest BCUT2D eigenvalue weighted by Gasteiger charge is 2.16. The van der Waals surface area contributed by atoms with Gasteiger partial charge in [-0.3, -0.25) is 0 Å². The second-order valence-electron chi connectivity index (χ2n) is 6.03. The minimum atomic E-state index is 0.608. The summed E-state index contributed by atoms with van der Waals surface area (Å²) in [5.74, 6) is 3.53. The average Bonchev–Trinajstić information content (AvgIpc) is 2.74. The normalized spacial score (nSPS) is 15.9. The van der Waals surface area contributed by atoms with Crippen molar-refractivity contribution in [3.8, 4) is 0 Å². The van der Waals surface area contributed by atoms with Gasteiger partial charge in [0.05, 0.1) is 6.54 Å². The lowest BCUT2D eigenvalue weighted by atomic mass is 9.83. The molecule has 0 bridgehead atoms. The van der Waals surface area contributed by atoms with E-state index < -0.39 is 0 Å². The van der Waals surface area contributed by atoms with Crippen molar-refractivity contribution in [1.82, 2.24) is 5.32 Å². The van der Waals surface area contributed by atoms with Gasteiger partial charge >= 0.3 is 0 Å². The molecule has 0 radical (unpaired) electrons. The van der Waals surface area contributed by atoms with Crippen LogP contribution in [0.2, 0.25) is 0 Å². The van der Waals surface area contributed by atoms with Crippen LogP contribution in [-0.4, -0.2) is 13.2 Å². The zero-order valence-electron chi connectivity index (χ0n) is 12.3. The lowest BCUT2D eigenvalue weighted by Crippen LogP contribution is -2.18. The van der Waals surface area contributed by atoms with Gasteiger partial charge in [0, 0.05) is 6.61 Å². The Balaban J connectivity index is 1.57. The van der Waals surface area contributed by atoms with Gasteiger partial charge < -0.3 is 14.5 Å². The van der Waals surface area contributed by atoms with Crippen LogP contribution < -0.4 is 5.32 Å². The van der Waals surface area contributed by atoms with Gasteiger partial charge in [0.1, 0.15) is 18.1 Å². The maximum Gasteiger partial charge on any atom is 0.129 e. The molecule has 0 unspecified atom stereocenters. The summed E-state index contributed by atoms with van der Waals surface area (Å²) in [6.45, 7) is 7.71. The van der Waals surface area contributed by atoms with Gasteiger partial charge in [0.25, 0.3) is 0 Å². The highest BCUT2D eigenvalue weighted by Crippen LogP contribution is 2.29. The molecule has 2 rings (SSSR count). The van der Waals surface area contributed by atoms with Gasteiger partial charge in [-0.05, 0) is 36.9 Å². The van der Waals surface area contributed by atoms with E-state index in [2.05, 4.69) is 19.2 Å². The Morgan fingerprint density at radius 2 is 2.11 bits per heavy atom. The smallest absolute Gasteiger partial charge is 0.129 e. The number of furan rings is 1. The molecule has 0 aromatic carbocycles. The largest absolute Gasteiger partial charge is 0.462 e. The predicted molar refractivity (Wildman–Crippen MR) is 76.9 cm³/mol. The number of hydrogen-bond donors (Lipinski definition) is 1. The van der Waals surface area contributed by atoms with Crippen LogP contribution in [0.4, 0.5) is 0 Å². The summed E-state index contributed by atoms with van der Waals surface area (Å²) >= 11 is 0. The van der Waals surface area contributed by atoms with E-state index in [9.17, 15) is 0 Å². The second-order valence-corrected chi connectivity index (χ2v) is 6.03. The first-order chi connectivity index (χ1) is 9.24. The van der Waals surface area contributed by atoms with Crippen molar-refractivity contribution < 1.29 is 9.15 Å². The Bertz CT molecular complexity index is 355. The first-order valence-corrected chi connectivity index (χ1v) is 7.60. The topological polar surface area (TPSA) is 34.4 Å². The molecule has 1 heterocycles. The van der Waals surface area contributed by atoms with Crippen molar-refractivity contribution >= 4 is 0 Å². The fourth-order valence-corrected chi connectivity index (χ4v) is 2.28. The number of nitrogens with one attached hydrogen (secondary N) is 1. The van der Waals surface area contributed by atoms with E-state index in [1.54, 1.807) is 0 Å². The molecule has 1 aromatic rings. The zero-order valence-corrected chi connectivity index (χ0v) is 12.3. The van der Waals surface area contributed by atoms with Gasteiger partial charge in [-0.15, -0.1) is 0 Å². The maximum absolute atomic E-state index is 5.73. The molecule has 0 spiro atoms. The number of rotatable bonds is 9. The van der Waals surface area contributed by atoms with E-state index in [4.69, 9.17) is 9.15 Å². The molecule has 1 aromatic heterocycles. The van der Waals surface area contributed by atoms with Crippen LogP contribution in [-0.2, 0) is 17.9 Å². The van der Waals surface area contributed by atoms with E-state index in [0.29, 0.717) is 12.5 Å². The van der Waals surface area contributed by atoms with Gasteiger partial charge in [-0.1, -0.05) is 33.1 Å². The molecule has 108 valence electrons. The van der Waals surface area contributed by atoms with Crippen LogP contribution >= 0.6 is 0 Å². The van der Waals surface area contributed by atoms with Gasteiger partial charge in [0.15, 0.2) is 0 Å². The second kappa shape index (κ2) is 7.71. The van der Waals surface area contributed by atoms with Crippen molar-refractivity contribution in [2.24, 2.45) is 11.8 Å². The Morgan fingerprint density at radius 1 is 1.32 bits per heavy atom. The monoisotopic (exact) mass is 265 g/mol. The fourth-order valence-electron chi connectivity index (χ4n) is 2.28. The standard InChI is InChI=1S/C16H27NO2/c1-13(2)10-17-11-15-6-7-16(19-15)12-18-9-8-14-4-3-5-14/h6-7,13-14,17H,3-5,8-12H2,1-2H3. The van der Waals surface area contributed by atoms with Crippen molar-refractivity contribution in [3.05, 3.63) is 23.7 Å². The molecular formula is C16H27NO2. The summed E-state index contributed by atoms with van der Waals surface area (Å²) in [6, 6.07) is 4.06. The molecule has 0 atom stereocenters. The van der Waals surface area contributed by atoms with E-state index in [-0.39, 0.29) is 0 Å². The molecule has 3 nitrogen and oxygen atoms in total. The Morgan fingerprint density at radius 3 is 2.79 bits per heavy atom. The van der Waals surface area contributed by atoms with Crippen LogP contribution in [0, 0.1) is 11.8 Å². The summed E-state index contributed by atoms with van der Waals surface area (Å²) in [5, 5.41) is 3.38. The molecule has 3 heteroatoms. The third kappa shape index (κ3) is 5.37. The molecule has 1 aliphatic rings. The lowest BCUT2D eigenvalue weighted by Gasteiger charge is -2.24. The molecule has 1 fully saturated rings. The van der Waals surface area contributed by atoms with E-state index in [0.717, 1.165) is 37.1 Å². The van der Waals surface area contributed by atoms with Crippen LogP contribution in [0.25, 0.3) is 0 Å². The van der Waals surface area contributed by atoms with Crippen LogP contribution in [0.5, 0.6) is 0 Å². The quantitative estimate of drug-likeness (QED) is 0.691. The predicted octanol–water partition coefficient (Wildman–Crippen LogP) is 3.73. The van der Waals surface area contributed by atoms with Gasteiger partial charge in [-0.25, -0.2) is 0 Å². The van der Waals surface area contributed by atoms with Crippen molar-refractivity contribution in [2.75, 3.05) is 13.2 Å². The molecule has 0 amide bonds. The summed E-state index contributed by atoms with van der Waals surface area (Å²) in [5.41, 5.74) is 0. The summed E-state index contributed by atoms with van der Waals surface area (Å²) in [7, 11) is 0. The third-order valence-corrected chi connectivity index (χ3v) is 3.71. The van der Waals surface area contributed by atoms with E-state index >= 15 is 0 Å². The molecule has 19 heavy (non-hydrogen) atoms. The zero-order chi connectivity index (χ0) is 13.5. The van der Waals surface area contributed by atoms with E-state index in [1.165, 1.54) is 25.7 Å². The van der Waals surface area contributed by atoms with E-state index in [1.807, 2.05) is 12.1 Å². The average molecular weight is 265 g/mol. The Kier molecular flexibility index (Phi) is 5.93. The summed E-state index contributed by atoms with van der Waals surface area (Å²) < 4.78 is 11.4. The minimum absolute atomic E-state index is 0.608. The Hall–Kier alpha value is -0.800. The fraction of sp³-hybridized carbons (Fsp3) is 0.750. The minimum Gasteiger partial charge on any atom is -0.462 e. The molecule has 1 saturated carbocycles. The maximum atomic E-state index is 5.73. The van der Waals surface area contributed by atoms with Gasteiger partial charge in [0.2, 0.25) is 0 Å². The van der Waals surface area contributed by atoms with Crippen molar-refractivity contribution in [1.29, 1.82) is 0 Å². The highest BCUT2D eigenvalue weighted by molar-refractivity contribution is 5.06. The molecule has 0 aliphatic heterocycles. The number of ether oxygens (including phenoxy) is 1. The third-order valence-electron chi connectivity index (χ3n) is 3.71. The SMILES string of the molecule is CC(C)CNCc1ccc(COCCC2CCC2)o1. The summed E-state index contributed by atoms with van der Waals surface area (Å²) in [6.07, 6.45) is 5.42. The summed E-state index contributed by atoms with van der Waals surface area (Å²) in [4.78, 5) is 0. The molecule has 0 saturated heterocycles. The highest BCUT2D eigenvalue weighted by atomic mass is 16.5. The van der Waals surface area contributed by atoms with Crippen molar-refractivity contribution in [3.63, 3.8) is 0 Å². The van der Waals surface area contributed by atoms with Crippen molar-refractivity contribution in [2.45, 2.75) is 52.7 Å². The van der Waals surface area contributed by atoms with Crippen LogP contribution in [0.15, 0.2) is 16.5 Å². The molecular weight excluding hydrogens is 238 g/mol. The molecule has 1 N–H and O–H groups in total. The van der Waals surface area contributed by atoms with Crippen LogP contribution in [0.3, 0.4) is 0 Å².